The maximum Gasteiger partial charge on any atom is 0.191 e. The Hall–Kier alpha value is -1.31. The Kier molecular flexibility index (Phi) is 7.14. The van der Waals surface area contributed by atoms with Crippen LogP contribution < -0.4 is 10.6 Å². The van der Waals surface area contributed by atoms with Gasteiger partial charge in [-0.15, -0.1) is 24.0 Å². The van der Waals surface area contributed by atoms with Crippen molar-refractivity contribution in [1.82, 2.24) is 20.0 Å². The fourth-order valence-corrected chi connectivity index (χ4v) is 2.97. The van der Waals surface area contributed by atoms with Crippen LogP contribution in [0.1, 0.15) is 38.3 Å². The Morgan fingerprint density at radius 3 is 2.91 bits per heavy atom. The van der Waals surface area contributed by atoms with E-state index in [4.69, 9.17) is 0 Å². The molecule has 0 amide bonds. The molecular formula is C17H26IN5. The van der Waals surface area contributed by atoms with Crippen LogP contribution in [-0.4, -0.2) is 34.5 Å². The van der Waals surface area contributed by atoms with Gasteiger partial charge >= 0.3 is 0 Å². The van der Waals surface area contributed by atoms with Crippen LogP contribution in [0.2, 0.25) is 0 Å². The quantitative estimate of drug-likeness (QED) is 0.438. The highest BCUT2D eigenvalue weighted by Crippen LogP contribution is 2.17. The van der Waals surface area contributed by atoms with Crippen LogP contribution in [0.3, 0.4) is 0 Å². The number of hydrogen-bond donors (Lipinski definition) is 2. The first-order chi connectivity index (χ1) is 10.8. The Morgan fingerprint density at radius 1 is 1.35 bits per heavy atom. The van der Waals surface area contributed by atoms with Crippen LogP contribution in [0.25, 0.3) is 5.65 Å². The van der Waals surface area contributed by atoms with Gasteiger partial charge in [0.25, 0.3) is 0 Å². The van der Waals surface area contributed by atoms with Gasteiger partial charge in [0.2, 0.25) is 0 Å². The number of aromatic nitrogens is 2. The van der Waals surface area contributed by atoms with Crippen molar-refractivity contribution >= 4 is 35.6 Å². The smallest absolute Gasteiger partial charge is 0.191 e. The predicted molar refractivity (Wildman–Crippen MR) is 106 cm³/mol. The standard InChI is InChI=1S/C17H25N5.HI/c1-2-18-17(21-14-7-3-4-8-14)19-11-10-15-13-22-12-6-5-9-16(22)20-15;/h5-6,9,12-14H,2-4,7-8,10-11H2,1H3,(H2,18,19,21);1H. The highest BCUT2D eigenvalue weighted by molar-refractivity contribution is 14.0. The summed E-state index contributed by atoms with van der Waals surface area (Å²) in [5.74, 6) is 0.943. The predicted octanol–water partition coefficient (Wildman–Crippen LogP) is 2.99. The topological polar surface area (TPSA) is 53.7 Å². The van der Waals surface area contributed by atoms with Crippen molar-refractivity contribution in [3.63, 3.8) is 0 Å². The van der Waals surface area contributed by atoms with Gasteiger partial charge in [0, 0.05) is 37.9 Å². The molecule has 0 radical (unpaired) electrons. The zero-order valence-electron chi connectivity index (χ0n) is 13.7. The lowest BCUT2D eigenvalue weighted by molar-refractivity contribution is 0.614. The molecule has 0 aliphatic heterocycles. The molecule has 0 bridgehead atoms. The van der Waals surface area contributed by atoms with Gasteiger partial charge in [0.05, 0.1) is 5.69 Å². The van der Waals surface area contributed by atoms with E-state index in [1.165, 1.54) is 25.7 Å². The van der Waals surface area contributed by atoms with Crippen LogP contribution in [0.4, 0.5) is 0 Å². The van der Waals surface area contributed by atoms with E-state index in [-0.39, 0.29) is 24.0 Å². The van der Waals surface area contributed by atoms with Crippen molar-refractivity contribution in [2.24, 2.45) is 4.99 Å². The molecule has 1 aliphatic rings. The van der Waals surface area contributed by atoms with Gasteiger partial charge < -0.3 is 15.0 Å². The molecule has 1 saturated carbocycles. The number of nitrogens with zero attached hydrogens (tertiary/aromatic N) is 3. The summed E-state index contributed by atoms with van der Waals surface area (Å²) in [7, 11) is 0. The number of imidazole rings is 1. The number of fused-ring (bicyclic) bond motifs is 1. The number of guanidine groups is 1. The highest BCUT2D eigenvalue weighted by atomic mass is 127. The molecule has 2 aromatic rings. The second kappa shape index (κ2) is 9.10. The van der Waals surface area contributed by atoms with E-state index >= 15 is 0 Å². The molecule has 1 fully saturated rings. The summed E-state index contributed by atoms with van der Waals surface area (Å²) < 4.78 is 2.06. The Labute approximate surface area is 155 Å². The van der Waals surface area contributed by atoms with Crippen LogP contribution in [-0.2, 0) is 6.42 Å². The van der Waals surface area contributed by atoms with E-state index in [1.807, 2.05) is 24.4 Å². The molecule has 0 saturated heterocycles. The molecule has 126 valence electrons. The maximum absolute atomic E-state index is 4.69. The van der Waals surface area contributed by atoms with Crippen LogP contribution in [0.5, 0.6) is 0 Å². The van der Waals surface area contributed by atoms with Crippen LogP contribution in [0, 0.1) is 0 Å². The lowest BCUT2D eigenvalue weighted by Crippen LogP contribution is -2.42. The van der Waals surface area contributed by atoms with E-state index in [1.54, 1.807) is 0 Å². The average Bonchev–Trinajstić information content (AvgIpc) is 3.16. The lowest BCUT2D eigenvalue weighted by Gasteiger charge is -2.16. The van der Waals surface area contributed by atoms with E-state index in [0.717, 1.165) is 36.8 Å². The summed E-state index contributed by atoms with van der Waals surface area (Å²) in [4.78, 5) is 9.30. The van der Waals surface area contributed by atoms with E-state index in [0.29, 0.717) is 6.04 Å². The zero-order chi connectivity index (χ0) is 15.2. The Balaban J connectivity index is 0.00000192. The first-order valence-corrected chi connectivity index (χ1v) is 8.32. The monoisotopic (exact) mass is 427 g/mol. The minimum Gasteiger partial charge on any atom is -0.357 e. The molecule has 6 heteroatoms. The first kappa shape index (κ1) is 18.0. The van der Waals surface area contributed by atoms with Crippen molar-refractivity contribution in [1.29, 1.82) is 0 Å². The largest absolute Gasteiger partial charge is 0.357 e. The minimum absolute atomic E-state index is 0. The van der Waals surface area contributed by atoms with Gasteiger partial charge in [-0.25, -0.2) is 4.98 Å². The number of rotatable bonds is 5. The number of aliphatic imine (C=N–C) groups is 1. The second-order valence-corrected chi connectivity index (χ2v) is 5.83. The van der Waals surface area contributed by atoms with Crippen molar-refractivity contribution in [3.8, 4) is 0 Å². The fourth-order valence-electron chi connectivity index (χ4n) is 2.97. The lowest BCUT2D eigenvalue weighted by atomic mass is 10.2. The van der Waals surface area contributed by atoms with Crippen molar-refractivity contribution in [3.05, 3.63) is 36.3 Å². The van der Waals surface area contributed by atoms with Gasteiger partial charge in [-0.05, 0) is 31.9 Å². The molecule has 23 heavy (non-hydrogen) atoms. The SMILES string of the molecule is CCNC(=NCCc1cn2ccccc2n1)NC1CCCC1.I. The van der Waals surface area contributed by atoms with E-state index < -0.39 is 0 Å². The highest BCUT2D eigenvalue weighted by Gasteiger charge is 2.15. The summed E-state index contributed by atoms with van der Waals surface area (Å²) in [5, 5.41) is 6.88. The Bertz CT molecular complexity index is 598. The third kappa shape index (κ3) is 5.09. The number of hydrogen-bond acceptors (Lipinski definition) is 2. The molecule has 0 aromatic carbocycles. The molecular weight excluding hydrogens is 401 g/mol. The molecule has 2 aromatic heterocycles. The summed E-state index contributed by atoms with van der Waals surface area (Å²) in [6.45, 7) is 3.76. The summed E-state index contributed by atoms with van der Waals surface area (Å²) in [6, 6.07) is 6.65. The third-order valence-electron chi connectivity index (χ3n) is 4.09. The van der Waals surface area contributed by atoms with Crippen molar-refractivity contribution in [2.45, 2.75) is 45.1 Å². The second-order valence-electron chi connectivity index (χ2n) is 5.83. The van der Waals surface area contributed by atoms with E-state index in [9.17, 15) is 0 Å². The van der Waals surface area contributed by atoms with Gasteiger partial charge in [0.1, 0.15) is 5.65 Å². The van der Waals surface area contributed by atoms with Crippen LogP contribution >= 0.6 is 24.0 Å². The molecule has 0 unspecified atom stereocenters. The molecule has 5 nitrogen and oxygen atoms in total. The van der Waals surface area contributed by atoms with Gasteiger partial charge in [-0.1, -0.05) is 18.9 Å². The molecule has 0 spiro atoms. The third-order valence-corrected chi connectivity index (χ3v) is 4.09. The number of pyridine rings is 1. The number of halogens is 1. The molecule has 1 aliphatic carbocycles. The van der Waals surface area contributed by atoms with Gasteiger partial charge in [0.15, 0.2) is 5.96 Å². The molecule has 3 rings (SSSR count). The molecule has 2 heterocycles. The maximum atomic E-state index is 4.69. The molecule has 0 atom stereocenters. The van der Waals surface area contributed by atoms with Crippen molar-refractivity contribution < 1.29 is 0 Å². The number of nitrogens with one attached hydrogen (secondary N) is 2. The van der Waals surface area contributed by atoms with E-state index in [2.05, 4.69) is 38.1 Å². The summed E-state index contributed by atoms with van der Waals surface area (Å²) in [5.41, 5.74) is 2.09. The first-order valence-electron chi connectivity index (χ1n) is 8.32. The fraction of sp³-hybridized carbons (Fsp3) is 0.529. The van der Waals surface area contributed by atoms with Crippen LogP contribution in [0.15, 0.2) is 35.6 Å². The van der Waals surface area contributed by atoms with Gasteiger partial charge in [-0.2, -0.15) is 0 Å². The minimum atomic E-state index is 0. The normalized spacial score (nSPS) is 15.6. The Morgan fingerprint density at radius 2 is 2.17 bits per heavy atom. The van der Waals surface area contributed by atoms with Crippen molar-refractivity contribution in [2.75, 3.05) is 13.1 Å². The molecule has 2 N–H and O–H groups in total. The van der Waals surface area contributed by atoms with Gasteiger partial charge in [-0.3, -0.25) is 4.99 Å². The zero-order valence-corrected chi connectivity index (χ0v) is 16.0. The summed E-state index contributed by atoms with van der Waals surface area (Å²) in [6.07, 6.45) is 10.2. The average molecular weight is 427 g/mol. The summed E-state index contributed by atoms with van der Waals surface area (Å²) >= 11 is 0.